The Kier molecular flexibility index (Phi) is 5.27. The number of likely N-dealkylation sites (N-methyl/N-ethyl adjacent to an activating group) is 1. The predicted molar refractivity (Wildman–Crippen MR) is 82.6 cm³/mol. The van der Waals surface area contributed by atoms with Crippen LogP contribution in [-0.4, -0.2) is 61.7 Å². The Hall–Kier alpha value is -0.120. The zero-order valence-corrected chi connectivity index (χ0v) is 13.4. The molecule has 2 atom stereocenters. The largest absolute Gasteiger partial charge is 0.316 e. The monoisotopic (exact) mass is 267 g/mol. The summed E-state index contributed by atoms with van der Waals surface area (Å²) < 4.78 is 0. The molecule has 1 aliphatic heterocycles. The second-order valence-electron chi connectivity index (χ2n) is 7.05. The molecule has 0 aromatic carbocycles. The molecule has 3 nitrogen and oxygen atoms in total. The summed E-state index contributed by atoms with van der Waals surface area (Å²) in [4.78, 5) is 5.26. The Morgan fingerprint density at radius 3 is 2.21 bits per heavy atom. The third kappa shape index (κ3) is 3.71. The molecule has 112 valence electrons. The zero-order valence-electron chi connectivity index (χ0n) is 13.4. The molecule has 2 fully saturated rings. The van der Waals surface area contributed by atoms with E-state index in [1.165, 1.54) is 51.9 Å². The first-order valence-corrected chi connectivity index (χ1v) is 8.21. The molecular weight excluding hydrogens is 234 g/mol. The summed E-state index contributed by atoms with van der Waals surface area (Å²) in [7, 11) is 2.27. The molecule has 1 aliphatic carbocycles. The fourth-order valence-corrected chi connectivity index (χ4v) is 4.02. The molecule has 0 spiro atoms. The summed E-state index contributed by atoms with van der Waals surface area (Å²) in [6.07, 6.45) is 5.72. The molecule has 1 saturated carbocycles. The van der Waals surface area contributed by atoms with Crippen LogP contribution in [0, 0.1) is 5.41 Å². The van der Waals surface area contributed by atoms with E-state index in [9.17, 15) is 0 Å². The van der Waals surface area contributed by atoms with Gasteiger partial charge in [0.05, 0.1) is 0 Å². The lowest BCUT2D eigenvalue weighted by Gasteiger charge is -2.45. The van der Waals surface area contributed by atoms with E-state index in [-0.39, 0.29) is 0 Å². The number of hydrogen-bond donors (Lipinski definition) is 1. The highest BCUT2D eigenvalue weighted by atomic mass is 15.3. The van der Waals surface area contributed by atoms with Gasteiger partial charge in [-0.15, -0.1) is 0 Å². The molecule has 0 aromatic rings. The van der Waals surface area contributed by atoms with E-state index in [2.05, 4.69) is 42.9 Å². The fourth-order valence-electron chi connectivity index (χ4n) is 4.02. The molecule has 1 N–H and O–H groups in total. The number of rotatable bonds is 5. The molecule has 1 heterocycles. The summed E-state index contributed by atoms with van der Waals surface area (Å²) in [5, 5.41) is 3.61. The van der Waals surface area contributed by atoms with Crippen molar-refractivity contribution in [3.63, 3.8) is 0 Å². The van der Waals surface area contributed by atoms with Gasteiger partial charge < -0.3 is 5.32 Å². The van der Waals surface area contributed by atoms with Gasteiger partial charge in [-0.2, -0.15) is 0 Å². The second-order valence-corrected chi connectivity index (χ2v) is 7.05. The molecule has 0 bridgehead atoms. The topological polar surface area (TPSA) is 18.5 Å². The van der Waals surface area contributed by atoms with Crippen LogP contribution in [0.25, 0.3) is 0 Å². The van der Waals surface area contributed by atoms with Crippen molar-refractivity contribution in [2.75, 3.05) is 39.8 Å². The lowest BCUT2D eigenvalue weighted by Crippen LogP contribution is -2.57. The van der Waals surface area contributed by atoms with Crippen molar-refractivity contribution in [3.05, 3.63) is 0 Å². The lowest BCUT2D eigenvalue weighted by molar-refractivity contribution is 0.0321. The summed E-state index contributed by atoms with van der Waals surface area (Å²) >= 11 is 0. The highest BCUT2D eigenvalue weighted by Crippen LogP contribution is 2.38. The molecule has 0 amide bonds. The smallest absolute Gasteiger partial charge is 0.0195 e. The van der Waals surface area contributed by atoms with Crippen molar-refractivity contribution in [1.82, 2.24) is 15.1 Å². The van der Waals surface area contributed by atoms with E-state index in [1.54, 1.807) is 0 Å². The van der Waals surface area contributed by atoms with Crippen LogP contribution in [0.3, 0.4) is 0 Å². The first-order chi connectivity index (χ1) is 9.06. The molecule has 3 heteroatoms. The van der Waals surface area contributed by atoms with Crippen LogP contribution in [0.1, 0.15) is 46.5 Å². The quantitative estimate of drug-likeness (QED) is 0.824. The summed E-state index contributed by atoms with van der Waals surface area (Å²) in [6.45, 7) is 13.1. The normalized spacial score (nSPS) is 32.8. The maximum Gasteiger partial charge on any atom is 0.0195 e. The molecule has 19 heavy (non-hydrogen) atoms. The Bertz CT molecular complexity index is 261. The molecule has 1 saturated heterocycles. The van der Waals surface area contributed by atoms with Crippen LogP contribution < -0.4 is 5.32 Å². The number of nitrogens with one attached hydrogen (secondary N) is 1. The Morgan fingerprint density at radius 2 is 1.68 bits per heavy atom. The number of hydrogen-bond acceptors (Lipinski definition) is 3. The van der Waals surface area contributed by atoms with Gasteiger partial charge in [0, 0.05) is 38.3 Å². The zero-order chi connectivity index (χ0) is 13.9. The van der Waals surface area contributed by atoms with E-state index in [0.717, 1.165) is 6.54 Å². The maximum atomic E-state index is 3.61. The van der Waals surface area contributed by atoms with Crippen LogP contribution in [0.5, 0.6) is 0 Å². The van der Waals surface area contributed by atoms with Gasteiger partial charge in [-0.05, 0) is 45.7 Å². The Balaban J connectivity index is 1.94. The maximum absolute atomic E-state index is 3.61. The highest BCUT2D eigenvalue weighted by molar-refractivity contribution is 4.92. The van der Waals surface area contributed by atoms with Gasteiger partial charge in [0.2, 0.25) is 0 Å². The van der Waals surface area contributed by atoms with Crippen molar-refractivity contribution < 1.29 is 0 Å². The van der Waals surface area contributed by atoms with E-state index < -0.39 is 0 Å². The minimum atomic E-state index is 0.561. The molecule has 2 rings (SSSR count). The van der Waals surface area contributed by atoms with E-state index in [0.29, 0.717) is 17.5 Å². The van der Waals surface area contributed by atoms with E-state index in [1.807, 2.05) is 0 Å². The van der Waals surface area contributed by atoms with Gasteiger partial charge in [0.1, 0.15) is 0 Å². The SMILES string of the molecule is CCNCC1(CN2CC(C)N(C)C(C)C2)CCCC1. The van der Waals surface area contributed by atoms with E-state index in [4.69, 9.17) is 0 Å². The minimum Gasteiger partial charge on any atom is -0.316 e. The van der Waals surface area contributed by atoms with Crippen LogP contribution in [0.2, 0.25) is 0 Å². The average Bonchev–Trinajstić information content (AvgIpc) is 2.82. The highest BCUT2D eigenvalue weighted by Gasteiger charge is 2.37. The third-order valence-corrected chi connectivity index (χ3v) is 5.41. The Morgan fingerprint density at radius 1 is 1.11 bits per heavy atom. The summed E-state index contributed by atoms with van der Waals surface area (Å²) in [5.41, 5.74) is 0.561. The predicted octanol–water partition coefficient (Wildman–Crippen LogP) is 2.18. The van der Waals surface area contributed by atoms with Crippen molar-refractivity contribution in [2.24, 2.45) is 5.41 Å². The van der Waals surface area contributed by atoms with Crippen molar-refractivity contribution in [2.45, 2.75) is 58.5 Å². The minimum absolute atomic E-state index is 0.561. The average molecular weight is 267 g/mol. The van der Waals surface area contributed by atoms with Crippen LogP contribution in [-0.2, 0) is 0 Å². The Labute approximate surface area is 119 Å². The summed E-state index contributed by atoms with van der Waals surface area (Å²) in [5.74, 6) is 0. The summed E-state index contributed by atoms with van der Waals surface area (Å²) in [6, 6.07) is 1.39. The number of nitrogens with zero attached hydrogens (tertiary/aromatic N) is 2. The van der Waals surface area contributed by atoms with Crippen molar-refractivity contribution >= 4 is 0 Å². The fraction of sp³-hybridized carbons (Fsp3) is 1.00. The van der Waals surface area contributed by atoms with Crippen molar-refractivity contribution in [3.8, 4) is 0 Å². The van der Waals surface area contributed by atoms with Gasteiger partial charge in [0.25, 0.3) is 0 Å². The lowest BCUT2D eigenvalue weighted by atomic mass is 9.84. The third-order valence-electron chi connectivity index (χ3n) is 5.41. The standard InChI is InChI=1S/C16H33N3/c1-5-17-12-16(8-6-7-9-16)13-19-10-14(2)18(4)15(3)11-19/h14-15,17H,5-13H2,1-4H3. The van der Waals surface area contributed by atoms with Gasteiger partial charge >= 0.3 is 0 Å². The molecule has 2 aliphatic rings. The first kappa shape index (κ1) is 15.3. The molecule has 2 unspecified atom stereocenters. The van der Waals surface area contributed by atoms with Gasteiger partial charge in [-0.25, -0.2) is 0 Å². The second kappa shape index (κ2) is 6.55. The van der Waals surface area contributed by atoms with Crippen LogP contribution in [0.15, 0.2) is 0 Å². The van der Waals surface area contributed by atoms with E-state index >= 15 is 0 Å². The van der Waals surface area contributed by atoms with Gasteiger partial charge in [-0.3, -0.25) is 9.80 Å². The molecule has 0 aromatic heterocycles. The molecular formula is C16H33N3. The van der Waals surface area contributed by atoms with Crippen LogP contribution in [0.4, 0.5) is 0 Å². The number of piperazine rings is 1. The first-order valence-electron chi connectivity index (χ1n) is 8.21. The van der Waals surface area contributed by atoms with Crippen molar-refractivity contribution in [1.29, 1.82) is 0 Å². The van der Waals surface area contributed by atoms with Crippen LogP contribution >= 0.6 is 0 Å². The molecule has 0 radical (unpaired) electrons. The van der Waals surface area contributed by atoms with Gasteiger partial charge in [-0.1, -0.05) is 19.8 Å². The van der Waals surface area contributed by atoms with Gasteiger partial charge in [0.15, 0.2) is 0 Å².